The molecule has 2 aliphatic rings. The summed E-state index contributed by atoms with van der Waals surface area (Å²) in [5, 5.41) is 8.42. The van der Waals surface area contributed by atoms with Gasteiger partial charge in [0.15, 0.2) is 5.78 Å². The highest BCUT2D eigenvalue weighted by Crippen LogP contribution is 2.45. The van der Waals surface area contributed by atoms with Crippen LogP contribution in [-0.4, -0.2) is 17.9 Å². The smallest absolute Gasteiger partial charge is 0.163 e. The van der Waals surface area contributed by atoms with E-state index in [2.05, 4.69) is 52.0 Å². The van der Waals surface area contributed by atoms with Crippen molar-refractivity contribution in [3.63, 3.8) is 0 Å². The molecule has 2 heterocycles. The number of carbonyl (C=O) groups is 1. The van der Waals surface area contributed by atoms with Crippen LogP contribution in [0.25, 0.3) is 10.9 Å². The first-order valence-corrected chi connectivity index (χ1v) is 11.3. The minimum absolute atomic E-state index is 0.128. The Morgan fingerprint density at radius 3 is 2.45 bits per heavy atom. The fourth-order valence-electron chi connectivity index (χ4n) is 5.17. The lowest BCUT2D eigenvalue weighted by Gasteiger charge is -2.29. The molecule has 4 aromatic rings. The molecule has 0 fully saturated rings. The highest BCUT2D eigenvalue weighted by atomic mass is 16.5. The summed E-state index contributed by atoms with van der Waals surface area (Å²) in [6.07, 6.45) is 3.30. The molecule has 0 radical (unpaired) electrons. The van der Waals surface area contributed by atoms with Gasteiger partial charge >= 0.3 is 0 Å². The van der Waals surface area contributed by atoms with Crippen molar-refractivity contribution in [3.05, 3.63) is 101 Å². The lowest BCUT2D eigenvalue weighted by molar-refractivity contribution is -0.116. The topological polar surface area (TPSA) is 66.2 Å². The Balaban J connectivity index is 1.47. The van der Waals surface area contributed by atoms with Crippen LogP contribution in [0.1, 0.15) is 35.9 Å². The molecular formula is C28H25N3O2. The number of aromatic amines is 1. The second-order valence-electron chi connectivity index (χ2n) is 8.73. The van der Waals surface area contributed by atoms with Crippen molar-refractivity contribution in [2.75, 3.05) is 17.7 Å². The molecular weight excluding hydrogens is 410 g/mol. The first-order chi connectivity index (χ1) is 16.2. The predicted octanol–water partition coefficient (Wildman–Crippen LogP) is 6.16. The monoisotopic (exact) mass is 435 g/mol. The van der Waals surface area contributed by atoms with Gasteiger partial charge in [-0.05, 0) is 48.2 Å². The van der Waals surface area contributed by atoms with Crippen molar-refractivity contribution in [1.82, 2.24) is 4.98 Å². The standard InChI is InChI=1S/C28H25N3O2/c1-33-19-12-10-17(11-13-19)18-14-25-27(26(32)15-18)28(31-24-9-5-4-8-23(24)30-25)21-16-29-22-7-3-2-6-20(21)22/h2-13,16,18,28-31H,14-15H2,1H3/t18-,28-/m0/s1. The van der Waals surface area contributed by atoms with E-state index in [9.17, 15) is 4.79 Å². The summed E-state index contributed by atoms with van der Waals surface area (Å²) in [5.74, 6) is 1.13. The quantitative estimate of drug-likeness (QED) is 0.361. The highest BCUT2D eigenvalue weighted by Gasteiger charge is 2.36. The summed E-state index contributed by atoms with van der Waals surface area (Å²) in [5.41, 5.74) is 7.15. The maximum absolute atomic E-state index is 13.7. The zero-order chi connectivity index (χ0) is 22.4. The second kappa shape index (κ2) is 7.85. The number of benzene rings is 3. The summed E-state index contributed by atoms with van der Waals surface area (Å²) in [4.78, 5) is 17.1. The number of hydrogen-bond acceptors (Lipinski definition) is 4. The third kappa shape index (κ3) is 3.37. The van der Waals surface area contributed by atoms with Crippen molar-refractivity contribution >= 4 is 28.1 Å². The van der Waals surface area contributed by atoms with Crippen molar-refractivity contribution in [1.29, 1.82) is 0 Å². The number of fused-ring (bicyclic) bond motifs is 2. The molecule has 5 heteroatoms. The maximum atomic E-state index is 13.7. The molecule has 0 spiro atoms. The molecule has 0 bridgehead atoms. The normalized spacial score (nSPS) is 19.8. The molecule has 1 aliphatic carbocycles. The third-order valence-electron chi connectivity index (χ3n) is 6.83. The molecule has 1 aliphatic heterocycles. The van der Waals surface area contributed by atoms with Crippen LogP contribution in [0, 0.1) is 0 Å². The predicted molar refractivity (Wildman–Crippen MR) is 132 cm³/mol. The van der Waals surface area contributed by atoms with Crippen molar-refractivity contribution in [3.8, 4) is 5.75 Å². The van der Waals surface area contributed by atoms with Crippen LogP contribution < -0.4 is 15.4 Å². The van der Waals surface area contributed by atoms with Crippen molar-refractivity contribution in [2.45, 2.75) is 24.8 Å². The van der Waals surface area contributed by atoms with E-state index >= 15 is 0 Å². The SMILES string of the molecule is COc1ccc([C@@H]2CC(=O)C3=C(C2)Nc2ccccc2N[C@H]3c2c[nH]c3ccccc23)cc1. The Bertz CT molecular complexity index is 1380. The van der Waals surface area contributed by atoms with Crippen LogP contribution in [0.2, 0.25) is 0 Å². The molecule has 0 saturated heterocycles. The lowest BCUT2D eigenvalue weighted by Crippen LogP contribution is -2.26. The average Bonchev–Trinajstić information content (AvgIpc) is 3.20. The van der Waals surface area contributed by atoms with Gasteiger partial charge in [0, 0.05) is 40.4 Å². The lowest BCUT2D eigenvalue weighted by atomic mass is 9.78. The minimum Gasteiger partial charge on any atom is -0.497 e. The van der Waals surface area contributed by atoms with Gasteiger partial charge in [0.05, 0.1) is 24.5 Å². The third-order valence-corrected chi connectivity index (χ3v) is 6.83. The Kier molecular flexibility index (Phi) is 4.68. The van der Waals surface area contributed by atoms with Gasteiger partial charge in [0.25, 0.3) is 0 Å². The number of para-hydroxylation sites is 3. The number of hydrogen-bond donors (Lipinski definition) is 3. The van der Waals surface area contributed by atoms with Gasteiger partial charge in [-0.3, -0.25) is 4.79 Å². The molecule has 3 aromatic carbocycles. The molecule has 0 unspecified atom stereocenters. The van der Waals surface area contributed by atoms with Crippen LogP contribution in [-0.2, 0) is 4.79 Å². The summed E-state index contributed by atoms with van der Waals surface area (Å²) in [6.45, 7) is 0. The van der Waals surface area contributed by atoms with Gasteiger partial charge in [-0.1, -0.05) is 42.5 Å². The summed E-state index contributed by atoms with van der Waals surface area (Å²) < 4.78 is 5.31. The number of nitrogens with one attached hydrogen (secondary N) is 3. The minimum atomic E-state index is -0.225. The molecule has 0 amide bonds. The summed E-state index contributed by atoms with van der Waals surface area (Å²) >= 11 is 0. The van der Waals surface area contributed by atoms with E-state index in [0.29, 0.717) is 6.42 Å². The first-order valence-electron chi connectivity index (χ1n) is 11.3. The highest BCUT2D eigenvalue weighted by molar-refractivity contribution is 6.02. The Morgan fingerprint density at radius 2 is 1.64 bits per heavy atom. The fraction of sp³-hybridized carbons (Fsp3) is 0.179. The number of anilines is 2. The average molecular weight is 436 g/mol. The Hall–Kier alpha value is -3.99. The number of H-pyrrole nitrogens is 1. The van der Waals surface area contributed by atoms with Gasteiger partial charge in [-0.2, -0.15) is 0 Å². The van der Waals surface area contributed by atoms with Crippen LogP contribution >= 0.6 is 0 Å². The van der Waals surface area contributed by atoms with Crippen molar-refractivity contribution < 1.29 is 9.53 Å². The Labute approximate surface area is 192 Å². The number of methoxy groups -OCH3 is 1. The molecule has 0 saturated carbocycles. The van der Waals surface area contributed by atoms with Crippen LogP contribution in [0.5, 0.6) is 5.75 Å². The maximum Gasteiger partial charge on any atom is 0.163 e. The largest absolute Gasteiger partial charge is 0.497 e. The molecule has 3 N–H and O–H groups in total. The van der Waals surface area contributed by atoms with Crippen molar-refractivity contribution in [2.24, 2.45) is 0 Å². The summed E-state index contributed by atoms with van der Waals surface area (Å²) in [6, 6.07) is 24.3. The van der Waals surface area contributed by atoms with E-state index in [1.165, 1.54) is 0 Å². The zero-order valence-electron chi connectivity index (χ0n) is 18.4. The number of allylic oxidation sites excluding steroid dienone is 1. The van der Waals surface area contributed by atoms with Crippen LogP contribution in [0.3, 0.4) is 0 Å². The van der Waals surface area contributed by atoms with E-state index in [4.69, 9.17) is 4.74 Å². The van der Waals surface area contributed by atoms with E-state index in [-0.39, 0.29) is 17.7 Å². The van der Waals surface area contributed by atoms with E-state index in [1.54, 1.807) is 7.11 Å². The van der Waals surface area contributed by atoms with Gasteiger partial charge in [0.1, 0.15) is 5.75 Å². The van der Waals surface area contributed by atoms with E-state index in [1.807, 2.05) is 42.6 Å². The number of rotatable bonds is 3. The molecule has 33 heavy (non-hydrogen) atoms. The van der Waals surface area contributed by atoms with Gasteiger partial charge in [-0.15, -0.1) is 0 Å². The second-order valence-corrected chi connectivity index (χ2v) is 8.73. The van der Waals surface area contributed by atoms with Crippen LogP contribution in [0.4, 0.5) is 11.4 Å². The molecule has 6 rings (SSSR count). The Morgan fingerprint density at radius 1 is 0.879 bits per heavy atom. The fourth-order valence-corrected chi connectivity index (χ4v) is 5.17. The number of Topliss-reactive ketones (excluding diaryl/α,β-unsaturated/α-hetero) is 1. The molecule has 2 atom stereocenters. The molecule has 1 aromatic heterocycles. The molecule has 5 nitrogen and oxygen atoms in total. The first kappa shape index (κ1) is 19.7. The summed E-state index contributed by atoms with van der Waals surface area (Å²) in [7, 11) is 1.67. The molecule has 164 valence electrons. The number of ether oxygens (including phenoxy) is 1. The number of aromatic nitrogens is 1. The van der Waals surface area contributed by atoms with Gasteiger partial charge in [0.2, 0.25) is 0 Å². The van der Waals surface area contributed by atoms with E-state index < -0.39 is 0 Å². The van der Waals surface area contributed by atoms with E-state index in [0.717, 1.165) is 56.8 Å². The number of ketones is 1. The van der Waals surface area contributed by atoms with Crippen LogP contribution in [0.15, 0.2) is 90.3 Å². The van der Waals surface area contributed by atoms with Gasteiger partial charge in [-0.25, -0.2) is 0 Å². The zero-order valence-corrected chi connectivity index (χ0v) is 18.4. The number of carbonyl (C=O) groups excluding carboxylic acids is 1. The van der Waals surface area contributed by atoms with Gasteiger partial charge < -0.3 is 20.4 Å².